The van der Waals surface area contributed by atoms with Crippen LogP contribution in [0.1, 0.15) is 13.3 Å². The highest BCUT2D eigenvalue weighted by Crippen LogP contribution is 2.21. The fourth-order valence-corrected chi connectivity index (χ4v) is 3.24. The van der Waals surface area contributed by atoms with Gasteiger partial charge in [-0.1, -0.05) is 40.7 Å². The molecule has 15 heavy (non-hydrogen) atoms. The standard InChI is InChI=1S/C11H21NOS2/c1-2-3-4-10-14-15-11-7-12-5-8-13-9-6-12/h3-4H,2,5-11H2,1H3/b4-3-. The lowest BCUT2D eigenvalue weighted by Gasteiger charge is -2.26. The number of nitrogens with zero attached hydrogens (tertiary/aromatic N) is 1. The van der Waals surface area contributed by atoms with E-state index < -0.39 is 0 Å². The molecule has 1 aliphatic heterocycles. The number of rotatable bonds is 7. The van der Waals surface area contributed by atoms with Crippen molar-refractivity contribution in [2.45, 2.75) is 13.3 Å². The van der Waals surface area contributed by atoms with Crippen molar-refractivity contribution in [1.82, 2.24) is 4.90 Å². The molecule has 88 valence electrons. The van der Waals surface area contributed by atoms with Crippen LogP contribution in [-0.4, -0.2) is 49.3 Å². The zero-order chi connectivity index (χ0) is 10.8. The lowest BCUT2D eigenvalue weighted by atomic mass is 10.4. The van der Waals surface area contributed by atoms with Gasteiger partial charge in [0.15, 0.2) is 0 Å². The van der Waals surface area contributed by atoms with Crippen LogP contribution in [0.5, 0.6) is 0 Å². The Morgan fingerprint density at radius 1 is 1.20 bits per heavy atom. The molecule has 0 aliphatic carbocycles. The molecule has 0 aromatic heterocycles. The molecule has 0 aromatic rings. The van der Waals surface area contributed by atoms with Gasteiger partial charge in [0.2, 0.25) is 0 Å². The van der Waals surface area contributed by atoms with Gasteiger partial charge < -0.3 is 4.74 Å². The van der Waals surface area contributed by atoms with Gasteiger partial charge >= 0.3 is 0 Å². The van der Waals surface area contributed by atoms with Gasteiger partial charge in [0.25, 0.3) is 0 Å². The molecule has 0 spiro atoms. The Morgan fingerprint density at radius 2 is 2.00 bits per heavy atom. The van der Waals surface area contributed by atoms with E-state index in [-0.39, 0.29) is 0 Å². The van der Waals surface area contributed by atoms with Crippen molar-refractivity contribution in [1.29, 1.82) is 0 Å². The van der Waals surface area contributed by atoms with Gasteiger partial charge in [0, 0.05) is 31.1 Å². The molecule has 0 aromatic carbocycles. The molecular formula is C11H21NOS2. The molecular weight excluding hydrogens is 226 g/mol. The van der Waals surface area contributed by atoms with Gasteiger partial charge in [0.05, 0.1) is 13.2 Å². The van der Waals surface area contributed by atoms with E-state index in [2.05, 4.69) is 24.0 Å². The highest BCUT2D eigenvalue weighted by atomic mass is 33.1. The highest BCUT2D eigenvalue weighted by molar-refractivity contribution is 8.76. The van der Waals surface area contributed by atoms with Crippen LogP contribution < -0.4 is 0 Å². The summed E-state index contributed by atoms with van der Waals surface area (Å²) in [6.45, 7) is 7.43. The van der Waals surface area contributed by atoms with Crippen LogP contribution in [0.3, 0.4) is 0 Å². The minimum Gasteiger partial charge on any atom is -0.379 e. The first-order valence-electron chi connectivity index (χ1n) is 5.63. The Kier molecular flexibility index (Phi) is 8.57. The monoisotopic (exact) mass is 247 g/mol. The van der Waals surface area contributed by atoms with E-state index in [9.17, 15) is 0 Å². The number of hydrogen-bond donors (Lipinski definition) is 0. The van der Waals surface area contributed by atoms with E-state index in [0.29, 0.717) is 0 Å². The van der Waals surface area contributed by atoms with Gasteiger partial charge in [-0.3, -0.25) is 4.90 Å². The minimum atomic E-state index is 0.914. The predicted octanol–water partition coefficient (Wildman–Crippen LogP) is 2.67. The molecule has 0 bridgehead atoms. The first kappa shape index (κ1) is 13.4. The Hall–Kier alpha value is 0.360. The second-order valence-corrected chi connectivity index (χ2v) is 6.07. The van der Waals surface area contributed by atoms with Gasteiger partial charge in [-0.05, 0) is 6.42 Å². The summed E-state index contributed by atoms with van der Waals surface area (Å²) < 4.78 is 5.31. The van der Waals surface area contributed by atoms with E-state index >= 15 is 0 Å². The fraction of sp³-hybridized carbons (Fsp3) is 0.818. The molecule has 0 N–H and O–H groups in total. The summed E-state index contributed by atoms with van der Waals surface area (Å²) in [4.78, 5) is 2.49. The van der Waals surface area contributed by atoms with Crippen LogP contribution in [-0.2, 0) is 4.74 Å². The van der Waals surface area contributed by atoms with Crippen molar-refractivity contribution in [3.63, 3.8) is 0 Å². The Morgan fingerprint density at radius 3 is 2.73 bits per heavy atom. The molecule has 1 rings (SSSR count). The predicted molar refractivity (Wildman–Crippen MR) is 71.6 cm³/mol. The zero-order valence-corrected chi connectivity index (χ0v) is 11.1. The fourth-order valence-electron chi connectivity index (χ4n) is 1.37. The molecule has 1 heterocycles. The first-order chi connectivity index (χ1) is 7.43. The summed E-state index contributed by atoms with van der Waals surface area (Å²) in [5.41, 5.74) is 0. The lowest BCUT2D eigenvalue weighted by molar-refractivity contribution is 0.0410. The van der Waals surface area contributed by atoms with Crippen LogP contribution in [0.15, 0.2) is 12.2 Å². The summed E-state index contributed by atoms with van der Waals surface area (Å²) in [6.07, 6.45) is 5.64. The maximum atomic E-state index is 5.31. The number of morpholine rings is 1. The Labute approximate surface area is 101 Å². The number of allylic oxidation sites excluding steroid dienone is 1. The van der Waals surface area contributed by atoms with Gasteiger partial charge in [-0.15, -0.1) is 0 Å². The summed E-state index contributed by atoms with van der Waals surface area (Å²) in [7, 11) is 3.93. The second-order valence-electron chi connectivity index (χ2n) is 3.44. The van der Waals surface area contributed by atoms with E-state index in [1.165, 1.54) is 12.3 Å². The molecule has 0 saturated carbocycles. The third-order valence-electron chi connectivity index (χ3n) is 2.24. The van der Waals surface area contributed by atoms with E-state index in [0.717, 1.165) is 38.5 Å². The maximum Gasteiger partial charge on any atom is 0.0594 e. The average molecular weight is 247 g/mol. The van der Waals surface area contributed by atoms with Crippen molar-refractivity contribution in [2.24, 2.45) is 0 Å². The molecule has 2 nitrogen and oxygen atoms in total. The van der Waals surface area contributed by atoms with Crippen LogP contribution in [0, 0.1) is 0 Å². The van der Waals surface area contributed by atoms with Gasteiger partial charge in [-0.2, -0.15) is 0 Å². The summed E-state index contributed by atoms with van der Waals surface area (Å²) >= 11 is 0. The van der Waals surface area contributed by atoms with Crippen LogP contribution in [0.25, 0.3) is 0 Å². The van der Waals surface area contributed by atoms with Crippen molar-refractivity contribution in [3.8, 4) is 0 Å². The van der Waals surface area contributed by atoms with Crippen molar-refractivity contribution >= 4 is 21.6 Å². The molecule has 0 unspecified atom stereocenters. The SMILES string of the molecule is CC/C=C\CSSCCN1CCOCC1. The molecule has 0 amide bonds. The molecule has 1 aliphatic rings. The smallest absolute Gasteiger partial charge is 0.0594 e. The van der Waals surface area contributed by atoms with E-state index in [1.807, 2.05) is 21.6 Å². The molecule has 0 radical (unpaired) electrons. The second kappa shape index (κ2) is 9.58. The first-order valence-corrected chi connectivity index (χ1v) is 8.12. The minimum absolute atomic E-state index is 0.914. The average Bonchev–Trinajstić information content (AvgIpc) is 2.29. The largest absolute Gasteiger partial charge is 0.379 e. The summed E-state index contributed by atoms with van der Waals surface area (Å²) in [5, 5.41) is 0. The third-order valence-corrected chi connectivity index (χ3v) is 4.50. The number of hydrogen-bond acceptors (Lipinski definition) is 4. The Balaban J connectivity index is 1.85. The maximum absolute atomic E-state index is 5.31. The Bertz CT molecular complexity index is 170. The topological polar surface area (TPSA) is 12.5 Å². The summed E-state index contributed by atoms with van der Waals surface area (Å²) in [6, 6.07) is 0. The van der Waals surface area contributed by atoms with Gasteiger partial charge in [-0.25, -0.2) is 0 Å². The van der Waals surface area contributed by atoms with Crippen LogP contribution in [0.4, 0.5) is 0 Å². The molecule has 0 atom stereocenters. The van der Waals surface area contributed by atoms with E-state index in [4.69, 9.17) is 4.74 Å². The van der Waals surface area contributed by atoms with Crippen molar-refractivity contribution < 1.29 is 4.74 Å². The van der Waals surface area contributed by atoms with Gasteiger partial charge in [0.1, 0.15) is 0 Å². The van der Waals surface area contributed by atoms with Crippen molar-refractivity contribution in [2.75, 3.05) is 44.4 Å². The van der Waals surface area contributed by atoms with Crippen LogP contribution in [0.2, 0.25) is 0 Å². The molecule has 1 fully saturated rings. The molecule has 1 saturated heterocycles. The highest BCUT2D eigenvalue weighted by Gasteiger charge is 2.08. The number of ether oxygens (including phenoxy) is 1. The summed E-state index contributed by atoms with van der Waals surface area (Å²) in [5.74, 6) is 2.37. The molecule has 4 heteroatoms. The quantitative estimate of drug-likeness (QED) is 0.389. The van der Waals surface area contributed by atoms with Crippen molar-refractivity contribution in [3.05, 3.63) is 12.2 Å². The normalized spacial score (nSPS) is 18.7. The lowest BCUT2D eigenvalue weighted by Crippen LogP contribution is -2.37. The van der Waals surface area contributed by atoms with E-state index in [1.54, 1.807) is 0 Å². The third kappa shape index (κ3) is 7.28. The zero-order valence-electron chi connectivity index (χ0n) is 9.48. The van der Waals surface area contributed by atoms with Crippen LogP contribution >= 0.6 is 21.6 Å².